The standard InChI is InChI=1S/C12H16BrNOS/c1-12(5-2-3-6-12)11(15)14-8-10-9(13)4-7-16-10/h4,7H,2-3,5-6,8H2,1H3,(H,14,15). The van der Waals surface area contributed by atoms with Crippen LogP contribution in [0.4, 0.5) is 0 Å². The summed E-state index contributed by atoms with van der Waals surface area (Å²) in [5.74, 6) is 0.213. The lowest BCUT2D eigenvalue weighted by Gasteiger charge is -2.22. The van der Waals surface area contributed by atoms with Gasteiger partial charge in [0.1, 0.15) is 0 Å². The number of rotatable bonds is 3. The predicted octanol–water partition coefficient (Wildman–Crippen LogP) is 3.71. The molecule has 0 bridgehead atoms. The zero-order valence-electron chi connectivity index (χ0n) is 9.38. The van der Waals surface area contributed by atoms with E-state index in [9.17, 15) is 4.79 Å². The Bertz CT molecular complexity index is 382. The first-order valence-corrected chi connectivity index (χ1v) is 7.29. The minimum atomic E-state index is -0.121. The molecule has 0 radical (unpaired) electrons. The van der Waals surface area contributed by atoms with Crippen LogP contribution in [0.15, 0.2) is 15.9 Å². The van der Waals surface area contributed by atoms with Crippen LogP contribution < -0.4 is 5.32 Å². The molecule has 0 spiro atoms. The maximum atomic E-state index is 12.1. The number of nitrogens with one attached hydrogen (secondary N) is 1. The van der Waals surface area contributed by atoms with Gasteiger partial charge in [-0.15, -0.1) is 11.3 Å². The number of halogens is 1. The SMILES string of the molecule is CC1(C(=O)NCc2sccc2Br)CCCC1. The van der Waals surface area contributed by atoms with E-state index in [0.29, 0.717) is 6.54 Å². The third kappa shape index (κ3) is 2.48. The van der Waals surface area contributed by atoms with Crippen LogP contribution in [0.2, 0.25) is 0 Å². The lowest BCUT2D eigenvalue weighted by molar-refractivity contribution is -0.130. The molecule has 4 heteroatoms. The van der Waals surface area contributed by atoms with Crippen LogP contribution in [-0.4, -0.2) is 5.91 Å². The highest BCUT2D eigenvalue weighted by molar-refractivity contribution is 9.10. The highest BCUT2D eigenvalue weighted by atomic mass is 79.9. The van der Waals surface area contributed by atoms with Gasteiger partial charge in [-0.05, 0) is 40.2 Å². The average molecular weight is 302 g/mol. The van der Waals surface area contributed by atoms with Gasteiger partial charge in [0.05, 0.1) is 6.54 Å². The van der Waals surface area contributed by atoms with Crippen LogP contribution in [0.1, 0.15) is 37.5 Å². The summed E-state index contributed by atoms with van der Waals surface area (Å²) in [4.78, 5) is 13.2. The fourth-order valence-electron chi connectivity index (χ4n) is 2.21. The summed E-state index contributed by atoms with van der Waals surface area (Å²) in [5, 5.41) is 5.08. The molecule has 0 saturated heterocycles. The van der Waals surface area contributed by atoms with E-state index < -0.39 is 0 Å². The molecule has 1 aromatic rings. The second kappa shape index (κ2) is 4.88. The number of hydrogen-bond acceptors (Lipinski definition) is 2. The number of carbonyl (C=O) groups excluding carboxylic acids is 1. The van der Waals surface area contributed by atoms with Crippen molar-refractivity contribution in [3.8, 4) is 0 Å². The van der Waals surface area contributed by atoms with Gasteiger partial charge in [-0.25, -0.2) is 0 Å². The molecule has 1 saturated carbocycles. The molecule has 2 nitrogen and oxygen atoms in total. The Morgan fingerprint density at radius 1 is 1.56 bits per heavy atom. The zero-order valence-corrected chi connectivity index (χ0v) is 11.8. The molecular formula is C12H16BrNOS. The molecule has 16 heavy (non-hydrogen) atoms. The second-order valence-corrected chi connectivity index (χ2v) is 6.50. The first kappa shape index (κ1) is 12.1. The smallest absolute Gasteiger partial charge is 0.226 e. The van der Waals surface area contributed by atoms with Crippen molar-refractivity contribution in [1.82, 2.24) is 5.32 Å². The Balaban J connectivity index is 1.91. The molecule has 1 heterocycles. The molecule has 0 aliphatic heterocycles. The molecule has 0 atom stereocenters. The fourth-order valence-corrected chi connectivity index (χ4v) is 3.64. The van der Waals surface area contributed by atoms with Gasteiger partial charge >= 0.3 is 0 Å². The van der Waals surface area contributed by atoms with Crippen LogP contribution in [0.25, 0.3) is 0 Å². The van der Waals surface area contributed by atoms with E-state index in [1.165, 1.54) is 17.7 Å². The highest BCUT2D eigenvalue weighted by Gasteiger charge is 2.35. The van der Waals surface area contributed by atoms with Gasteiger partial charge in [0, 0.05) is 14.8 Å². The third-order valence-corrected chi connectivity index (χ3v) is 5.28. The van der Waals surface area contributed by atoms with Gasteiger partial charge in [-0.2, -0.15) is 0 Å². The van der Waals surface area contributed by atoms with Gasteiger partial charge in [-0.1, -0.05) is 19.8 Å². The van der Waals surface area contributed by atoms with E-state index in [-0.39, 0.29) is 11.3 Å². The second-order valence-electron chi connectivity index (χ2n) is 4.64. The van der Waals surface area contributed by atoms with Gasteiger partial charge < -0.3 is 5.32 Å². The summed E-state index contributed by atoms with van der Waals surface area (Å²) in [6.45, 7) is 2.73. The maximum Gasteiger partial charge on any atom is 0.226 e. The van der Waals surface area contributed by atoms with Gasteiger partial charge in [-0.3, -0.25) is 4.79 Å². The van der Waals surface area contributed by atoms with Crippen molar-refractivity contribution in [2.24, 2.45) is 5.41 Å². The average Bonchev–Trinajstić information content (AvgIpc) is 2.85. The minimum Gasteiger partial charge on any atom is -0.351 e. The summed E-state index contributed by atoms with van der Waals surface area (Å²) in [6, 6.07) is 2.02. The summed E-state index contributed by atoms with van der Waals surface area (Å²) in [5.41, 5.74) is -0.121. The maximum absolute atomic E-state index is 12.1. The van der Waals surface area contributed by atoms with Gasteiger partial charge in [0.2, 0.25) is 5.91 Å². The Labute approximate surface area is 109 Å². The fraction of sp³-hybridized carbons (Fsp3) is 0.583. The van der Waals surface area contributed by atoms with Crippen molar-refractivity contribution in [2.75, 3.05) is 0 Å². The third-order valence-electron chi connectivity index (χ3n) is 3.36. The topological polar surface area (TPSA) is 29.1 Å². The number of thiophene rings is 1. The molecule has 1 amide bonds. The Hall–Kier alpha value is -0.350. The molecule has 1 N–H and O–H groups in total. The first-order valence-electron chi connectivity index (χ1n) is 5.62. The molecular weight excluding hydrogens is 286 g/mol. The molecule has 0 unspecified atom stereocenters. The van der Waals surface area contributed by atoms with Crippen molar-refractivity contribution in [3.63, 3.8) is 0 Å². The summed E-state index contributed by atoms with van der Waals surface area (Å²) < 4.78 is 1.09. The van der Waals surface area contributed by atoms with Crippen molar-refractivity contribution in [1.29, 1.82) is 0 Å². The molecule has 1 aliphatic carbocycles. The highest BCUT2D eigenvalue weighted by Crippen LogP contribution is 2.37. The molecule has 88 valence electrons. The zero-order chi connectivity index (χ0) is 11.6. The number of carbonyl (C=O) groups is 1. The van der Waals surface area contributed by atoms with E-state index in [1.807, 2.05) is 11.4 Å². The summed E-state index contributed by atoms with van der Waals surface area (Å²) in [6.07, 6.45) is 4.44. The first-order chi connectivity index (χ1) is 7.62. The molecule has 0 aromatic carbocycles. The van der Waals surface area contributed by atoms with E-state index in [1.54, 1.807) is 11.3 Å². The normalized spacial score (nSPS) is 18.6. The van der Waals surface area contributed by atoms with Crippen molar-refractivity contribution < 1.29 is 4.79 Å². The van der Waals surface area contributed by atoms with Crippen LogP contribution in [0.3, 0.4) is 0 Å². The lowest BCUT2D eigenvalue weighted by Crippen LogP contribution is -2.36. The van der Waals surface area contributed by atoms with Crippen LogP contribution in [0.5, 0.6) is 0 Å². The van der Waals surface area contributed by atoms with Crippen LogP contribution in [0, 0.1) is 5.41 Å². The van der Waals surface area contributed by atoms with Crippen LogP contribution in [-0.2, 0) is 11.3 Å². The molecule has 2 rings (SSSR count). The van der Waals surface area contributed by atoms with Crippen LogP contribution >= 0.6 is 27.3 Å². The van der Waals surface area contributed by atoms with E-state index in [0.717, 1.165) is 17.3 Å². The molecule has 1 aliphatic rings. The molecule has 1 fully saturated rings. The number of hydrogen-bond donors (Lipinski definition) is 1. The quantitative estimate of drug-likeness (QED) is 0.906. The number of amides is 1. The van der Waals surface area contributed by atoms with Crippen molar-refractivity contribution in [3.05, 3.63) is 20.8 Å². The largest absolute Gasteiger partial charge is 0.351 e. The lowest BCUT2D eigenvalue weighted by atomic mass is 9.88. The van der Waals surface area contributed by atoms with E-state index in [4.69, 9.17) is 0 Å². The summed E-state index contributed by atoms with van der Waals surface area (Å²) in [7, 11) is 0. The monoisotopic (exact) mass is 301 g/mol. The van der Waals surface area contributed by atoms with E-state index in [2.05, 4.69) is 28.2 Å². The van der Waals surface area contributed by atoms with E-state index >= 15 is 0 Å². The van der Waals surface area contributed by atoms with Gasteiger partial charge in [0.25, 0.3) is 0 Å². The molecule has 1 aromatic heterocycles. The van der Waals surface area contributed by atoms with Crippen molar-refractivity contribution >= 4 is 33.2 Å². The Morgan fingerprint density at radius 3 is 2.81 bits per heavy atom. The predicted molar refractivity (Wildman–Crippen MR) is 70.4 cm³/mol. The Kier molecular flexibility index (Phi) is 3.70. The van der Waals surface area contributed by atoms with Crippen molar-refractivity contribution in [2.45, 2.75) is 39.2 Å². The summed E-state index contributed by atoms with van der Waals surface area (Å²) >= 11 is 5.14. The Morgan fingerprint density at radius 2 is 2.25 bits per heavy atom. The minimum absolute atomic E-state index is 0.121. The van der Waals surface area contributed by atoms with Gasteiger partial charge in [0.15, 0.2) is 0 Å².